The fourth-order valence-electron chi connectivity index (χ4n) is 1.92. The molecule has 0 saturated carbocycles. The molecule has 0 aliphatic rings. The van der Waals surface area contributed by atoms with E-state index in [9.17, 15) is 18.0 Å². The molecule has 0 atom stereocenters. The number of hydrogen-bond acceptors (Lipinski definition) is 6. The molecule has 0 bridgehead atoms. The standard InChI is InChI=1S/C19H29N3O6S/c1-19(2,3)28-18(24)21-11-6-5-10-20-17(23)22-15-8-7-9-16(14-15)27-12-13-29(4,25)26/h5-9,14H,10-13H2,1-4H3,(H,21,24)(H2,20,22,23). The molecule has 1 aromatic carbocycles. The van der Waals surface area contributed by atoms with E-state index in [2.05, 4.69) is 16.0 Å². The minimum absolute atomic E-state index is 0.0383. The van der Waals surface area contributed by atoms with E-state index in [1.807, 2.05) is 0 Å². The van der Waals surface area contributed by atoms with Gasteiger partial charge in [0.1, 0.15) is 18.0 Å². The number of nitrogens with one attached hydrogen (secondary N) is 3. The van der Waals surface area contributed by atoms with Gasteiger partial charge >= 0.3 is 12.1 Å². The van der Waals surface area contributed by atoms with Crippen molar-refractivity contribution in [2.45, 2.75) is 26.4 Å². The van der Waals surface area contributed by atoms with Crippen LogP contribution in [0.15, 0.2) is 36.4 Å². The molecule has 0 unspecified atom stereocenters. The lowest BCUT2D eigenvalue weighted by Crippen LogP contribution is -2.32. The molecule has 0 aliphatic heterocycles. The zero-order valence-corrected chi connectivity index (χ0v) is 18.0. The summed E-state index contributed by atoms with van der Waals surface area (Å²) in [4.78, 5) is 23.4. The zero-order valence-electron chi connectivity index (χ0n) is 17.2. The van der Waals surface area contributed by atoms with Crippen LogP contribution in [0, 0.1) is 0 Å². The third-order valence-corrected chi connectivity index (χ3v) is 4.03. The summed E-state index contributed by atoms with van der Waals surface area (Å²) in [5, 5.41) is 7.86. The number of ether oxygens (including phenoxy) is 2. The largest absolute Gasteiger partial charge is 0.492 e. The molecule has 0 saturated heterocycles. The highest BCUT2D eigenvalue weighted by Gasteiger charge is 2.14. The number of amides is 3. The van der Waals surface area contributed by atoms with Crippen LogP contribution in [0.5, 0.6) is 5.75 Å². The number of carbonyl (C=O) groups is 2. The van der Waals surface area contributed by atoms with Crippen molar-refractivity contribution < 1.29 is 27.5 Å². The minimum Gasteiger partial charge on any atom is -0.492 e. The van der Waals surface area contributed by atoms with Crippen molar-refractivity contribution in [2.75, 3.05) is 37.0 Å². The Morgan fingerprint density at radius 3 is 2.38 bits per heavy atom. The number of anilines is 1. The molecule has 0 spiro atoms. The quantitative estimate of drug-likeness (QED) is 0.520. The summed E-state index contributed by atoms with van der Waals surface area (Å²) in [6.45, 7) is 5.93. The Labute approximate surface area is 171 Å². The van der Waals surface area contributed by atoms with Crippen LogP contribution in [0.4, 0.5) is 15.3 Å². The zero-order chi connectivity index (χ0) is 21.9. The van der Waals surface area contributed by atoms with Crippen LogP contribution in [0.1, 0.15) is 20.8 Å². The van der Waals surface area contributed by atoms with Gasteiger partial charge in [-0.15, -0.1) is 0 Å². The smallest absolute Gasteiger partial charge is 0.407 e. The Morgan fingerprint density at radius 1 is 1.10 bits per heavy atom. The predicted molar refractivity (Wildman–Crippen MR) is 112 cm³/mol. The molecular formula is C19H29N3O6S. The first-order chi connectivity index (χ1) is 13.4. The number of rotatable bonds is 9. The van der Waals surface area contributed by atoms with E-state index in [-0.39, 0.29) is 25.4 Å². The molecule has 9 nitrogen and oxygen atoms in total. The van der Waals surface area contributed by atoms with Crippen molar-refractivity contribution in [1.82, 2.24) is 10.6 Å². The maximum absolute atomic E-state index is 11.9. The summed E-state index contributed by atoms with van der Waals surface area (Å²) in [6, 6.07) is 6.23. The first kappa shape index (κ1) is 24.3. The van der Waals surface area contributed by atoms with Gasteiger partial charge in [-0.25, -0.2) is 18.0 Å². The molecule has 0 heterocycles. The van der Waals surface area contributed by atoms with Crippen LogP contribution in [0.3, 0.4) is 0 Å². The fourth-order valence-corrected chi connectivity index (χ4v) is 2.31. The summed E-state index contributed by atoms with van der Waals surface area (Å²) in [5.74, 6) is 0.375. The SMILES string of the molecule is CC(C)(C)OC(=O)NCC=CCNC(=O)Nc1cccc(OCCS(C)(=O)=O)c1. The van der Waals surface area contributed by atoms with Crippen molar-refractivity contribution in [3.63, 3.8) is 0 Å². The van der Waals surface area contributed by atoms with Crippen molar-refractivity contribution in [2.24, 2.45) is 0 Å². The number of hydrogen-bond donors (Lipinski definition) is 3. The molecule has 0 aromatic heterocycles. The lowest BCUT2D eigenvalue weighted by atomic mass is 10.2. The highest BCUT2D eigenvalue weighted by Crippen LogP contribution is 2.17. The molecule has 29 heavy (non-hydrogen) atoms. The van der Waals surface area contributed by atoms with E-state index in [1.54, 1.807) is 57.2 Å². The summed E-state index contributed by atoms with van der Waals surface area (Å²) < 4.78 is 32.7. The molecule has 1 aromatic rings. The number of urea groups is 1. The Kier molecular flexibility index (Phi) is 9.46. The average Bonchev–Trinajstić information content (AvgIpc) is 2.55. The number of alkyl carbamates (subject to hydrolysis) is 1. The molecule has 0 aliphatic carbocycles. The molecule has 10 heteroatoms. The Hall–Kier alpha value is -2.75. The van der Waals surface area contributed by atoms with Crippen LogP contribution in [0.25, 0.3) is 0 Å². The van der Waals surface area contributed by atoms with Crippen molar-refractivity contribution in [1.29, 1.82) is 0 Å². The van der Waals surface area contributed by atoms with Gasteiger partial charge in [0.05, 0.1) is 5.75 Å². The molecule has 0 radical (unpaired) electrons. The average molecular weight is 428 g/mol. The Balaban J connectivity index is 2.31. The second-order valence-electron chi connectivity index (χ2n) is 7.20. The van der Waals surface area contributed by atoms with Gasteiger partial charge < -0.3 is 25.4 Å². The Bertz CT molecular complexity index is 815. The molecule has 3 N–H and O–H groups in total. The predicted octanol–water partition coefficient (Wildman–Crippen LogP) is 2.31. The van der Waals surface area contributed by atoms with Crippen LogP contribution < -0.4 is 20.7 Å². The van der Waals surface area contributed by atoms with E-state index in [1.165, 1.54) is 0 Å². The maximum Gasteiger partial charge on any atom is 0.407 e. The molecule has 162 valence electrons. The fraction of sp³-hybridized carbons (Fsp3) is 0.474. The van der Waals surface area contributed by atoms with Gasteiger partial charge in [0.15, 0.2) is 9.84 Å². The van der Waals surface area contributed by atoms with E-state index < -0.39 is 27.6 Å². The van der Waals surface area contributed by atoms with Gasteiger partial charge in [-0.1, -0.05) is 18.2 Å². The second kappa shape index (κ2) is 11.3. The molecular weight excluding hydrogens is 398 g/mol. The second-order valence-corrected chi connectivity index (χ2v) is 9.46. The van der Waals surface area contributed by atoms with E-state index in [4.69, 9.17) is 9.47 Å². The third-order valence-electron chi connectivity index (χ3n) is 3.13. The maximum atomic E-state index is 11.9. The van der Waals surface area contributed by atoms with E-state index in [0.717, 1.165) is 6.26 Å². The number of benzene rings is 1. The van der Waals surface area contributed by atoms with Crippen molar-refractivity contribution >= 4 is 27.6 Å². The summed E-state index contributed by atoms with van der Waals surface area (Å²) in [7, 11) is -3.09. The van der Waals surface area contributed by atoms with Crippen molar-refractivity contribution in [3.05, 3.63) is 36.4 Å². The van der Waals surface area contributed by atoms with Gasteiger partial charge in [0.25, 0.3) is 0 Å². The molecule has 3 amide bonds. The summed E-state index contributed by atoms with van der Waals surface area (Å²) in [6.07, 6.45) is 4.02. The normalized spacial score (nSPS) is 11.7. The van der Waals surface area contributed by atoms with Gasteiger partial charge in [-0.05, 0) is 32.9 Å². The minimum atomic E-state index is -3.09. The van der Waals surface area contributed by atoms with Gasteiger partial charge in [-0.2, -0.15) is 0 Å². The van der Waals surface area contributed by atoms with Crippen molar-refractivity contribution in [3.8, 4) is 5.75 Å². The summed E-state index contributed by atoms with van der Waals surface area (Å²) >= 11 is 0. The summed E-state index contributed by atoms with van der Waals surface area (Å²) in [5.41, 5.74) is -0.0429. The lowest BCUT2D eigenvalue weighted by molar-refractivity contribution is 0.0534. The number of carbonyl (C=O) groups excluding carboxylic acids is 2. The monoisotopic (exact) mass is 427 g/mol. The van der Waals surface area contributed by atoms with Crippen LogP contribution >= 0.6 is 0 Å². The highest BCUT2D eigenvalue weighted by molar-refractivity contribution is 7.90. The van der Waals surface area contributed by atoms with Gasteiger partial charge in [0.2, 0.25) is 0 Å². The number of sulfone groups is 1. The highest BCUT2D eigenvalue weighted by atomic mass is 32.2. The van der Waals surface area contributed by atoms with Crippen LogP contribution in [0.2, 0.25) is 0 Å². The van der Waals surface area contributed by atoms with E-state index >= 15 is 0 Å². The third kappa shape index (κ3) is 13.1. The topological polar surface area (TPSA) is 123 Å². The van der Waals surface area contributed by atoms with Crippen LogP contribution in [-0.2, 0) is 14.6 Å². The van der Waals surface area contributed by atoms with E-state index in [0.29, 0.717) is 11.4 Å². The molecule has 1 rings (SSSR count). The lowest BCUT2D eigenvalue weighted by Gasteiger charge is -2.19. The molecule has 0 fully saturated rings. The van der Waals surface area contributed by atoms with Gasteiger partial charge in [0, 0.05) is 31.1 Å². The first-order valence-electron chi connectivity index (χ1n) is 9.02. The Morgan fingerprint density at radius 2 is 1.76 bits per heavy atom. The first-order valence-corrected chi connectivity index (χ1v) is 11.1. The van der Waals surface area contributed by atoms with Crippen LogP contribution in [-0.4, -0.2) is 57.8 Å². The van der Waals surface area contributed by atoms with Gasteiger partial charge in [-0.3, -0.25) is 0 Å².